The molecule has 0 radical (unpaired) electrons. The molecular formula is C24H25N3O2. The number of rotatable bonds is 5. The van der Waals surface area contributed by atoms with Crippen LogP contribution in [0.3, 0.4) is 0 Å². The molecule has 4 rings (SSSR count). The maximum Gasteiger partial charge on any atom is 0.269 e. The Morgan fingerprint density at radius 2 is 1.76 bits per heavy atom. The van der Waals surface area contributed by atoms with E-state index in [9.17, 15) is 9.59 Å². The van der Waals surface area contributed by atoms with Crippen molar-refractivity contribution in [3.8, 4) is 0 Å². The third kappa shape index (κ3) is 4.09. The molecule has 1 fully saturated rings. The summed E-state index contributed by atoms with van der Waals surface area (Å²) in [5.41, 5.74) is 5.45. The molecule has 0 aliphatic heterocycles. The molecule has 3 aromatic rings. The zero-order valence-corrected chi connectivity index (χ0v) is 16.7. The summed E-state index contributed by atoms with van der Waals surface area (Å²) in [6.45, 7) is 3.74. The number of amides is 2. The van der Waals surface area contributed by atoms with E-state index in [4.69, 9.17) is 0 Å². The van der Waals surface area contributed by atoms with Crippen LogP contribution in [-0.2, 0) is 4.79 Å². The van der Waals surface area contributed by atoms with Crippen LogP contribution < -0.4 is 5.43 Å². The predicted octanol–water partition coefficient (Wildman–Crippen LogP) is 4.57. The van der Waals surface area contributed by atoms with Gasteiger partial charge in [0.2, 0.25) is 0 Å². The Morgan fingerprint density at radius 1 is 1.07 bits per heavy atom. The van der Waals surface area contributed by atoms with Crippen LogP contribution in [0.15, 0.2) is 66.9 Å². The summed E-state index contributed by atoms with van der Waals surface area (Å²) in [6, 6.07) is 17.5. The molecule has 0 saturated heterocycles. The van der Waals surface area contributed by atoms with Crippen molar-refractivity contribution in [1.82, 2.24) is 15.0 Å². The monoisotopic (exact) mass is 387 g/mol. The maximum absolute atomic E-state index is 12.8. The van der Waals surface area contributed by atoms with Gasteiger partial charge in [-0.3, -0.25) is 15.0 Å². The van der Waals surface area contributed by atoms with Crippen molar-refractivity contribution in [2.24, 2.45) is 0 Å². The lowest BCUT2D eigenvalue weighted by Crippen LogP contribution is -2.49. The van der Waals surface area contributed by atoms with Crippen molar-refractivity contribution in [3.05, 3.63) is 78.0 Å². The second kappa shape index (κ2) is 7.95. The molecule has 2 amide bonds. The number of carbonyl (C=O) groups is 2. The van der Waals surface area contributed by atoms with Crippen molar-refractivity contribution in [1.29, 1.82) is 0 Å². The van der Waals surface area contributed by atoms with Crippen LogP contribution in [0.5, 0.6) is 0 Å². The Labute approximate surface area is 170 Å². The van der Waals surface area contributed by atoms with Gasteiger partial charge in [0.1, 0.15) is 0 Å². The van der Waals surface area contributed by atoms with Gasteiger partial charge in [-0.25, -0.2) is 5.01 Å². The largest absolute Gasteiger partial charge is 0.344 e. The summed E-state index contributed by atoms with van der Waals surface area (Å²) in [4.78, 5) is 25.3. The zero-order valence-electron chi connectivity index (χ0n) is 16.7. The second-order valence-electron chi connectivity index (χ2n) is 7.68. The molecule has 29 heavy (non-hydrogen) atoms. The fraction of sp³-hybridized carbons (Fsp3) is 0.250. The first-order valence-electron chi connectivity index (χ1n) is 10.0. The van der Waals surface area contributed by atoms with Crippen LogP contribution in [0.4, 0.5) is 0 Å². The minimum atomic E-state index is -0.300. The number of fused-ring (bicyclic) bond motifs is 1. The highest BCUT2D eigenvalue weighted by atomic mass is 16.2. The van der Waals surface area contributed by atoms with Gasteiger partial charge in [-0.1, -0.05) is 36.4 Å². The molecule has 1 aliphatic rings. The normalized spacial score (nSPS) is 13.9. The van der Waals surface area contributed by atoms with Gasteiger partial charge >= 0.3 is 0 Å². The Hall–Kier alpha value is -3.34. The first kappa shape index (κ1) is 19.0. The molecule has 1 saturated carbocycles. The van der Waals surface area contributed by atoms with Crippen molar-refractivity contribution in [3.63, 3.8) is 0 Å². The number of para-hydroxylation sites is 1. The first-order valence-corrected chi connectivity index (χ1v) is 10.0. The van der Waals surface area contributed by atoms with E-state index in [0.29, 0.717) is 11.6 Å². The smallest absolute Gasteiger partial charge is 0.269 e. The van der Waals surface area contributed by atoms with Gasteiger partial charge < -0.3 is 4.57 Å². The van der Waals surface area contributed by atoms with Crippen molar-refractivity contribution >= 4 is 28.8 Å². The topological polar surface area (TPSA) is 54.3 Å². The Balaban J connectivity index is 1.54. The average Bonchev–Trinajstić information content (AvgIpc) is 3.52. The highest BCUT2D eigenvalue weighted by Crippen LogP contribution is 2.39. The maximum atomic E-state index is 12.8. The Kier molecular flexibility index (Phi) is 5.21. The van der Waals surface area contributed by atoms with E-state index in [1.807, 2.05) is 38.1 Å². The van der Waals surface area contributed by atoms with Gasteiger partial charge in [0.15, 0.2) is 0 Å². The lowest BCUT2D eigenvalue weighted by Gasteiger charge is -2.25. The van der Waals surface area contributed by atoms with E-state index < -0.39 is 0 Å². The van der Waals surface area contributed by atoms with E-state index in [1.54, 1.807) is 24.3 Å². The SMILES string of the molecule is CC(C)N(NC(=O)c1ccccc1)C(=O)/C=C/c1cn(C2CC2)c2ccccc12. The van der Waals surface area contributed by atoms with Crippen LogP contribution >= 0.6 is 0 Å². The zero-order chi connectivity index (χ0) is 20.4. The van der Waals surface area contributed by atoms with Crippen molar-refractivity contribution < 1.29 is 9.59 Å². The van der Waals surface area contributed by atoms with Gasteiger partial charge in [-0.15, -0.1) is 0 Å². The number of nitrogens with one attached hydrogen (secondary N) is 1. The van der Waals surface area contributed by atoms with Gasteiger partial charge in [0, 0.05) is 46.4 Å². The highest BCUT2D eigenvalue weighted by molar-refractivity contribution is 5.99. The number of carbonyl (C=O) groups excluding carboxylic acids is 2. The van der Waals surface area contributed by atoms with Crippen LogP contribution in [0, 0.1) is 0 Å². The standard InChI is InChI=1S/C24H25N3O2/c1-17(2)27(25-24(29)18-8-4-3-5-9-18)23(28)15-12-19-16-26(20-13-14-20)22-11-7-6-10-21(19)22/h3-12,15-17,20H,13-14H2,1-2H3,(H,25,29)/b15-12+. The number of hydrogen-bond donors (Lipinski definition) is 1. The molecule has 0 atom stereocenters. The quantitative estimate of drug-likeness (QED) is 0.515. The van der Waals surface area contributed by atoms with E-state index in [2.05, 4.69) is 28.3 Å². The average molecular weight is 387 g/mol. The van der Waals surface area contributed by atoms with Crippen LogP contribution in [0.2, 0.25) is 0 Å². The molecule has 0 unspecified atom stereocenters. The summed E-state index contributed by atoms with van der Waals surface area (Å²) >= 11 is 0. The Morgan fingerprint density at radius 3 is 2.45 bits per heavy atom. The van der Waals surface area contributed by atoms with Crippen molar-refractivity contribution in [2.75, 3.05) is 0 Å². The van der Waals surface area contributed by atoms with Gasteiger partial charge in [-0.05, 0) is 51.0 Å². The van der Waals surface area contributed by atoms with Crippen molar-refractivity contribution in [2.45, 2.75) is 38.8 Å². The lowest BCUT2D eigenvalue weighted by atomic mass is 10.1. The van der Waals surface area contributed by atoms with Gasteiger partial charge in [-0.2, -0.15) is 0 Å². The molecule has 0 spiro atoms. The first-order chi connectivity index (χ1) is 14.0. The third-order valence-electron chi connectivity index (χ3n) is 5.13. The summed E-state index contributed by atoms with van der Waals surface area (Å²) in [7, 11) is 0. The number of hydrogen-bond acceptors (Lipinski definition) is 2. The summed E-state index contributed by atoms with van der Waals surface area (Å²) < 4.78 is 2.30. The van der Waals surface area contributed by atoms with E-state index in [0.717, 1.165) is 10.9 Å². The van der Waals surface area contributed by atoms with E-state index in [-0.39, 0.29) is 17.9 Å². The molecular weight excluding hydrogens is 362 g/mol. The minimum Gasteiger partial charge on any atom is -0.344 e. The van der Waals surface area contributed by atoms with Crippen LogP contribution in [0.25, 0.3) is 17.0 Å². The number of benzene rings is 2. The molecule has 2 aromatic carbocycles. The molecule has 5 heteroatoms. The molecule has 1 N–H and O–H groups in total. The molecule has 1 heterocycles. The predicted molar refractivity (Wildman–Crippen MR) is 115 cm³/mol. The molecule has 1 aromatic heterocycles. The fourth-order valence-electron chi connectivity index (χ4n) is 3.46. The van der Waals surface area contributed by atoms with Crippen LogP contribution in [0.1, 0.15) is 48.7 Å². The highest BCUT2D eigenvalue weighted by Gasteiger charge is 2.25. The summed E-state index contributed by atoms with van der Waals surface area (Å²) in [6.07, 6.45) is 7.90. The molecule has 0 bridgehead atoms. The Bertz CT molecular complexity index is 1060. The van der Waals surface area contributed by atoms with Crippen LogP contribution in [-0.4, -0.2) is 27.4 Å². The molecule has 5 nitrogen and oxygen atoms in total. The van der Waals surface area contributed by atoms with E-state index in [1.165, 1.54) is 29.4 Å². The summed E-state index contributed by atoms with van der Waals surface area (Å²) in [5, 5.41) is 2.50. The molecule has 148 valence electrons. The minimum absolute atomic E-state index is 0.174. The van der Waals surface area contributed by atoms with Gasteiger partial charge in [0.25, 0.3) is 11.8 Å². The lowest BCUT2D eigenvalue weighted by molar-refractivity contribution is -0.130. The number of nitrogens with zero attached hydrogens (tertiary/aromatic N) is 2. The third-order valence-corrected chi connectivity index (χ3v) is 5.13. The molecule has 1 aliphatic carbocycles. The number of aromatic nitrogens is 1. The van der Waals surface area contributed by atoms with E-state index >= 15 is 0 Å². The summed E-state index contributed by atoms with van der Waals surface area (Å²) in [5.74, 6) is -0.557. The van der Waals surface area contributed by atoms with Gasteiger partial charge in [0.05, 0.1) is 0 Å². The number of hydrazine groups is 1. The fourth-order valence-corrected chi connectivity index (χ4v) is 3.46. The second-order valence-corrected chi connectivity index (χ2v) is 7.68.